The van der Waals surface area contributed by atoms with E-state index in [4.69, 9.17) is 0 Å². The Hall–Kier alpha value is -2.84. The third kappa shape index (κ3) is 6.60. The summed E-state index contributed by atoms with van der Waals surface area (Å²) in [6.45, 7) is 3.08. The Bertz CT molecular complexity index is 804. The molecule has 1 aliphatic rings. The first-order valence-corrected chi connectivity index (χ1v) is 10.4. The van der Waals surface area contributed by atoms with Gasteiger partial charge in [0.2, 0.25) is 0 Å². The van der Waals surface area contributed by atoms with Gasteiger partial charge in [-0.3, -0.25) is 20.2 Å². The number of hydrogen-bond donors (Lipinski definition) is 2. The predicted molar refractivity (Wildman–Crippen MR) is 115 cm³/mol. The van der Waals surface area contributed by atoms with E-state index in [1.165, 1.54) is 31.4 Å². The molecule has 1 aliphatic carbocycles. The van der Waals surface area contributed by atoms with Crippen LogP contribution < -0.4 is 10.6 Å². The molecule has 0 saturated heterocycles. The summed E-state index contributed by atoms with van der Waals surface area (Å²) in [6, 6.07) is 13.5. The van der Waals surface area contributed by atoms with Gasteiger partial charge in [0.1, 0.15) is 0 Å². The van der Waals surface area contributed by atoms with Crippen LogP contribution in [0.1, 0.15) is 36.8 Å². The molecule has 0 aliphatic heterocycles. The summed E-state index contributed by atoms with van der Waals surface area (Å²) < 4.78 is 0. The minimum Gasteiger partial charge on any atom is -0.312 e. The monoisotopic (exact) mass is 412 g/mol. The fourth-order valence-corrected chi connectivity index (χ4v) is 4.17. The van der Waals surface area contributed by atoms with Crippen molar-refractivity contribution in [3.05, 3.63) is 79.9 Å². The summed E-state index contributed by atoms with van der Waals surface area (Å²) in [5.41, 5.74) is 2.11. The molecule has 2 aromatic rings. The smallest absolute Gasteiger partial charge is 0.269 e. The van der Waals surface area contributed by atoms with E-state index in [0.29, 0.717) is 24.9 Å². The van der Waals surface area contributed by atoms with Gasteiger partial charge >= 0.3 is 0 Å². The highest BCUT2D eigenvalue weighted by molar-refractivity contribution is 5.34. The molecule has 1 saturated carbocycles. The summed E-state index contributed by atoms with van der Waals surface area (Å²) in [6.07, 6.45) is 4.74. The Morgan fingerprint density at radius 3 is 1.70 bits per heavy atom. The van der Waals surface area contributed by atoms with Gasteiger partial charge in [0, 0.05) is 37.4 Å². The molecule has 0 aromatic heterocycles. The molecule has 2 atom stereocenters. The Balaban J connectivity index is 1.39. The molecule has 0 heterocycles. The summed E-state index contributed by atoms with van der Waals surface area (Å²) in [4.78, 5) is 21.0. The van der Waals surface area contributed by atoms with Crippen molar-refractivity contribution in [1.82, 2.24) is 10.6 Å². The maximum Gasteiger partial charge on any atom is 0.269 e. The van der Waals surface area contributed by atoms with Gasteiger partial charge in [-0.25, -0.2) is 0 Å². The second kappa shape index (κ2) is 10.8. The standard InChI is InChI=1S/C22H28N4O4/c27-25(28)21-8-2-6-19(11-21)15-23-13-17-4-1-5-18(10-17)14-24-16-20-7-3-9-22(12-20)26(29)30/h2-3,6-9,11-12,17-18,23-24H,1,4-5,10,13-16H2. The average molecular weight is 412 g/mol. The molecule has 2 unspecified atom stereocenters. The van der Waals surface area contributed by atoms with Crippen molar-refractivity contribution >= 4 is 11.4 Å². The van der Waals surface area contributed by atoms with Crippen molar-refractivity contribution in [2.24, 2.45) is 11.8 Å². The fraction of sp³-hybridized carbons (Fsp3) is 0.455. The lowest BCUT2D eigenvalue weighted by atomic mass is 9.81. The minimum atomic E-state index is -0.365. The van der Waals surface area contributed by atoms with E-state index in [0.717, 1.165) is 30.6 Å². The van der Waals surface area contributed by atoms with Gasteiger partial charge in [-0.2, -0.15) is 0 Å². The lowest BCUT2D eigenvalue weighted by Crippen LogP contribution is -2.31. The van der Waals surface area contributed by atoms with Gasteiger partial charge in [0.05, 0.1) is 9.85 Å². The van der Waals surface area contributed by atoms with Gasteiger partial charge in [0.15, 0.2) is 0 Å². The van der Waals surface area contributed by atoms with Gasteiger partial charge in [-0.05, 0) is 55.3 Å². The third-order valence-corrected chi connectivity index (χ3v) is 5.66. The lowest BCUT2D eigenvalue weighted by molar-refractivity contribution is -0.385. The van der Waals surface area contributed by atoms with Gasteiger partial charge in [0.25, 0.3) is 11.4 Å². The maximum atomic E-state index is 10.9. The summed E-state index contributed by atoms with van der Waals surface area (Å²) in [5.74, 6) is 1.20. The first-order valence-electron chi connectivity index (χ1n) is 10.4. The molecule has 0 bridgehead atoms. The summed E-state index contributed by atoms with van der Waals surface area (Å²) in [5, 5.41) is 28.7. The van der Waals surface area contributed by atoms with E-state index in [2.05, 4.69) is 10.6 Å². The first-order chi connectivity index (χ1) is 14.5. The number of benzene rings is 2. The highest BCUT2D eigenvalue weighted by atomic mass is 16.6. The van der Waals surface area contributed by atoms with E-state index in [1.807, 2.05) is 12.1 Å². The number of non-ortho nitro benzene ring substituents is 2. The second-order valence-electron chi connectivity index (χ2n) is 8.01. The van der Waals surface area contributed by atoms with Crippen LogP contribution in [0, 0.1) is 32.1 Å². The first kappa shape index (κ1) is 21.9. The Morgan fingerprint density at radius 1 is 0.800 bits per heavy atom. The molecule has 2 aromatic carbocycles. The van der Waals surface area contributed by atoms with Crippen molar-refractivity contribution < 1.29 is 9.85 Å². The van der Waals surface area contributed by atoms with Crippen LogP contribution in [-0.2, 0) is 13.1 Å². The Kier molecular flexibility index (Phi) is 7.87. The SMILES string of the molecule is O=[N+]([O-])c1cccc(CNCC2CCCC(CNCc3cccc([N+](=O)[O-])c3)C2)c1. The largest absolute Gasteiger partial charge is 0.312 e. The quantitative estimate of drug-likeness (QED) is 0.447. The number of nitro groups is 2. The normalized spacial score (nSPS) is 18.8. The molecule has 30 heavy (non-hydrogen) atoms. The summed E-state index contributed by atoms with van der Waals surface area (Å²) in [7, 11) is 0. The molecule has 8 nitrogen and oxygen atoms in total. The number of rotatable bonds is 10. The summed E-state index contributed by atoms with van der Waals surface area (Å²) >= 11 is 0. The van der Waals surface area contributed by atoms with Crippen LogP contribution in [0.5, 0.6) is 0 Å². The molecule has 0 spiro atoms. The van der Waals surface area contributed by atoms with E-state index in [9.17, 15) is 20.2 Å². The maximum absolute atomic E-state index is 10.9. The zero-order chi connectivity index (χ0) is 21.3. The van der Waals surface area contributed by atoms with Gasteiger partial charge < -0.3 is 10.6 Å². The van der Waals surface area contributed by atoms with Crippen LogP contribution >= 0.6 is 0 Å². The minimum absolute atomic E-state index is 0.127. The number of nitro benzene ring substituents is 2. The van der Waals surface area contributed by atoms with Crippen LogP contribution in [0.2, 0.25) is 0 Å². The molecular weight excluding hydrogens is 384 g/mol. The molecule has 0 radical (unpaired) electrons. The topological polar surface area (TPSA) is 110 Å². The number of hydrogen-bond acceptors (Lipinski definition) is 6. The van der Waals surface area contributed by atoms with Crippen molar-refractivity contribution in [1.29, 1.82) is 0 Å². The molecule has 1 fully saturated rings. The van der Waals surface area contributed by atoms with Crippen LogP contribution in [0.3, 0.4) is 0 Å². The molecule has 3 rings (SSSR count). The van der Waals surface area contributed by atoms with E-state index < -0.39 is 0 Å². The second-order valence-corrected chi connectivity index (χ2v) is 8.01. The predicted octanol–water partition coefficient (Wildman–Crippen LogP) is 4.19. The van der Waals surface area contributed by atoms with Crippen LogP contribution in [0.25, 0.3) is 0 Å². The fourth-order valence-electron chi connectivity index (χ4n) is 4.17. The Labute approximate surface area is 176 Å². The number of nitrogens with zero attached hydrogens (tertiary/aromatic N) is 2. The zero-order valence-corrected chi connectivity index (χ0v) is 17.0. The van der Waals surface area contributed by atoms with Crippen LogP contribution in [-0.4, -0.2) is 22.9 Å². The third-order valence-electron chi connectivity index (χ3n) is 5.66. The average Bonchev–Trinajstić information content (AvgIpc) is 2.74. The molecule has 2 N–H and O–H groups in total. The molecule has 160 valence electrons. The Morgan fingerprint density at radius 2 is 1.27 bits per heavy atom. The molecular formula is C22H28N4O4. The zero-order valence-electron chi connectivity index (χ0n) is 17.0. The highest BCUT2D eigenvalue weighted by Gasteiger charge is 2.21. The van der Waals surface area contributed by atoms with Gasteiger partial charge in [-0.15, -0.1) is 0 Å². The van der Waals surface area contributed by atoms with Crippen molar-refractivity contribution in [3.8, 4) is 0 Å². The highest BCUT2D eigenvalue weighted by Crippen LogP contribution is 2.28. The van der Waals surface area contributed by atoms with Crippen molar-refractivity contribution in [2.45, 2.75) is 38.8 Å². The van der Waals surface area contributed by atoms with E-state index in [1.54, 1.807) is 24.3 Å². The number of nitrogens with one attached hydrogen (secondary N) is 2. The van der Waals surface area contributed by atoms with Crippen molar-refractivity contribution in [2.75, 3.05) is 13.1 Å². The van der Waals surface area contributed by atoms with Crippen LogP contribution in [0.15, 0.2) is 48.5 Å². The van der Waals surface area contributed by atoms with Gasteiger partial charge in [-0.1, -0.05) is 30.7 Å². The van der Waals surface area contributed by atoms with E-state index >= 15 is 0 Å². The molecule has 0 amide bonds. The van der Waals surface area contributed by atoms with Crippen LogP contribution in [0.4, 0.5) is 11.4 Å². The molecule has 8 heteroatoms. The van der Waals surface area contributed by atoms with E-state index in [-0.39, 0.29) is 21.2 Å². The lowest BCUT2D eigenvalue weighted by Gasteiger charge is -2.29. The van der Waals surface area contributed by atoms with Crippen molar-refractivity contribution in [3.63, 3.8) is 0 Å².